The number of nitrogens with one attached hydrogen (secondary N) is 1. The molecule has 0 aliphatic carbocycles. The van der Waals surface area contributed by atoms with Crippen molar-refractivity contribution in [3.63, 3.8) is 0 Å². The van der Waals surface area contributed by atoms with Gasteiger partial charge < -0.3 is 15.0 Å². The summed E-state index contributed by atoms with van der Waals surface area (Å²) < 4.78 is 5.34. The first-order chi connectivity index (χ1) is 8.22. The molecule has 0 radical (unpaired) electrons. The Morgan fingerprint density at radius 1 is 1.47 bits per heavy atom. The highest BCUT2D eigenvalue weighted by Gasteiger charge is 2.32. The lowest BCUT2D eigenvalue weighted by atomic mass is 9.89. The molecule has 0 aromatic rings. The summed E-state index contributed by atoms with van der Waals surface area (Å²) >= 11 is 0. The molecule has 0 bridgehead atoms. The highest BCUT2D eigenvalue weighted by atomic mass is 16.5. The van der Waals surface area contributed by atoms with E-state index in [1.54, 1.807) is 0 Å². The molecule has 17 heavy (non-hydrogen) atoms. The molecule has 2 fully saturated rings. The lowest BCUT2D eigenvalue weighted by Gasteiger charge is -2.33. The van der Waals surface area contributed by atoms with Gasteiger partial charge >= 0.3 is 0 Å². The van der Waals surface area contributed by atoms with Crippen LogP contribution in [0, 0.1) is 5.92 Å². The largest absolute Gasteiger partial charge is 0.379 e. The quantitative estimate of drug-likeness (QED) is 0.800. The van der Waals surface area contributed by atoms with Crippen molar-refractivity contribution in [3.05, 3.63) is 0 Å². The monoisotopic (exact) mass is 240 g/mol. The maximum Gasteiger partial charge on any atom is 0.239 e. The van der Waals surface area contributed by atoms with Gasteiger partial charge in [0.25, 0.3) is 0 Å². The third kappa shape index (κ3) is 2.99. The van der Waals surface area contributed by atoms with E-state index < -0.39 is 0 Å². The van der Waals surface area contributed by atoms with E-state index in [1.807, 2.05) is 11.9 Å². The van der Waals surface area contributed by atoms with Crippen LogP contribution in [0.4, 0.5) is 0 Å². The minimum absolute atomic E-state index is 0.0271. The van der Waals surface area contributed by atoms with Crippen molar-refractivity contribution >= 4 is 5.91 Å². The second-order valence-electron chi connectivity index (χ2n) is 5.27. The van der Waals surface area contributed by atoms with Crippen LogP contribution < -0.4 is 5.32 Å². The molecule has 1 N–H and O–H groups in total. The molecule has 2 saturated heterocycles. The van der Waals surface area contributed by atoms with Crippen molar-refractivity contribution < 1.29 is 9.53 Å². The summed E-state index contributed by atoms with van der Waals surface area (Å²) in [5, 5.41) is 3.36. The molecule has 4 heteroatoms. The number of rotatable bonds is 3. The Labute approximate surface area is 104 Å². The van der Waals surface area contributed by atoms with E-state index >= 15 is 0 Å². The molecule has 0 saturated carbocycles. The summed E-state index contributed by atoms with van der Waals surface area (Å²) in [7, 11) is 1.92. The zero-order valence-corrected chi connectivity index (χ0v) is 10.9. The van der Waals surface area contributed by atoms with Crippen molar-refractivity contribution in [3.8, 4) is 0 Å². The Balaban J connectivity index is 1.89. The number of hydrogen-bond donors (Lipinski definition) is 1. The number of hydrogen-bond acceptors (Lipinski definition) is 3. The standard InChI is InChI=1S/C13H24N2O2/c1-3-10-4-6-14-12(8-10)13(16)15(2)11-5-7-17-9-11/h10-12,14H,3-9H2,1-2H3. The van der Waals surface area contributed by atoms with Crippen LogP contribution in [0.3, 0.4) is 0 Å². The lowest BCUT2D eigenvalue weighted by Crippen LogP contribution is -2.51. The van der Waals surface area contributed by atoms with Crippen LogP contribution in [0.1, 0.15) is 32.6 Å². The van der Waals surface area contributed by atoms with Crippen LogP contribution in [0.2, 0.25) is 0 Å². The fourth-order valence-electron chi connectivity index (χ4n) is 2.81. The molecule has 2 rings (SSSR count). The Morgan fingerprint density at radius 2 is 2.29 bits per heavy atom. The fraction of sp³-hybridized carbons (Fsp3) is 0.923. The van der Waals surface area contributed by atoms with Gasteiger partial charge in [-0.15, -0.1) is 0 Å². The normalized spacial score (nSPS) is 33.6. The van der Waals surface area contributed by atoms with Gasteiger partial charge in [-0.05, 0) is 31.7 Å². The van der Waals surface area contributed by atoms with Crippen LogP contribution in [-0.4, -0.2) is 49.7 Å². The maximum atomic E-state index is 12.4. The second-order valence-corrected chi connectivity index (χ2v) is 5.27. The molecule has 3 atom stereocenters. The third-order valence-electron chi connectivity index (χ3n) is 4.19. The molecule has 2 aliphatic rings. The summed E-state index contributed by atoms with van der Waals surface area (Å²) in [6.07, 6.45) is 4.36. The highest BCUT2D eigenvalue weighted by Crippen LogP contribution is 2.21. The van der Waals surface area contributed by atoms with Crippen molar-refractivity contribution in [2.75, 3.05) is 26.8 Å². The summed E-state index contributed by atoms with van der Waals surface area (Å²) in [4.78, 5) is 14.2. The van der Waals surface area contributed by atoms with E-state index in [0.29, 0.717) is 12.5 Å². The van der Waals surface area contributed by atoms with Crippen molar-refractivity contribution in [2.24, 2.45) is 5.92 Å². The molecule has 1 amide bonds. The minimum atomic E-state index is 0.0271. The number of nitrogens with zero attached hydrogens (tertiary/aromatic N) is 1. The van der Waals surface area contributed by atoms with Crippen LogP contribution in [0.5, 0.6) is 0 Å². The van der Waals surface area contributed by atoms with Gasteiger partial charge in [-0.3, -0.25) is 4.79 Å². The summed E-state index contributed by atoms with van der Waals surface area (Å²) in [6.45, 7) is 4.68. The second kappa shape index (κ2) is 5.83. The van der Waals surface area contributed by atoms with Crippen LogP contribution in [-0.2, 0) is 9.53 Å². The van der Waals surface area contributed by atoms with E-state index in [1.165, 1.54) is 12.8 Å². The molecule has 98 valence electrons. The fourth-order valence-corrected chi connectivity index (χ4v) is 2.81. The van der Waals surface area contributed by atoms with Gasteiger partial charge in [0.2, 0.25) is 5.91 Å². The smallest absolute Gasteiger partial charge is 0.239 e. The Bertz CT molecular complexity index is 264. The lowest BCUT2D eigenvalue weighted by molar-refractivity contribution is -0.135. The van der Waals surface area contributed by atoms with Gasteiger partial charge in [-0.2, -0.15) is 0 Å². The highest BCUT2D eigenvalue weighted by molar-refractivity contribution is 5.82. The predicted octanol–water partition coefficient (Wildman–Crippen LogP) is 1.01. The molecule has 0 aromatic heterocycles. The van der Waals surface area contributed by atoms with E-state index in [-0.39, 0.29) is 18.0 Å². The minimum Gasteiger partial charge on any atom is -0.379 e. The van der Waals surface area contributed by atoms with Gasteiger partial charge in [0.15, 0.2) is 0 Å². The van der Waals surface area contributed by atoms with Gasteiger partial charge in [0.1, 0.15) is 0 Å². The number of carbonyl (C=O) groups is 1. The topological polar surface area (TPSA) is 41.6 Å². The van der Waals surface area contributed by atoms with Gasteiger partial charge in [-0.1, -0.05) is 13.3 Å². The molecular weight excluding hydrogens is 216 g/mol. The first kappa shape index (κ1) is 12.8. The Kier molecular flexibility index (Phi) is 4.40. The molecule has 0 aromatic carbocycles. The first-order valence-corrected chi connectivity index (χ1v) is 6.80. The average Bonchev–Trinajstić information content (AvgIpc) is 2.91. The zero-order valence-electron chi connectivity index (χ0n) is 10.9. The average molecular weight is 240 g/mol. The summed E-state index contributed by atoms with van der Waals surface area (Å²) in [5.74, 6) is 0.956. The van der Waals surface area contributed by atoms with E-state index in [9.17, 15) is 4.79 Å². The van der Waals surface area contributed by atoms with Gasteiger partial charge in [0.05, 0.1) is 18.7 Å². The third-order valence-corrected chi connectivity index (χ3v) is 4.19. The predicted molar refractivity (Wildman–Crippen MR) is 66.8 cm³/mol. The van der Waals surface area contributed by atoms with E-state index in [2.05, 4.69) is 12.2 Å². The Hall–Kier alpha value is -0.610. The first-order valence-electron chi connectivity index (χ1n) is 6.80. The zero-order chi connectivity index (χ0) is 12.3. The number of ether oxygens (including phenoxy) is 1. The van der Waals surface area contributed by atoms with Crippen LogP contribution in [0.25, 0.3) is 0 Å². The summed E-state index contributed by atoms with van der Waals surface area (Å²) in [6, 6.07) is 0.311. The van der Waals surface area contributed by atoms with Crippen molar-refractivity contribution in [1.82, 2.24) is 10.2 Å². The molecule has 2 heterocycles. The number of piperidine rings is 1. The molecule has 2 aliphatic heterocycles. The molecule has 0 spiro atoms. The molecular formula is C13H24N2O2. The van der Waals surface area contributed by atoms with Gasteiger partial charge in [-0.25, -0.2) is 0 Å². The molecule has 3 unspecified atom stereocenters. The number of likely N-dealkylation sites (N-methyl/N-ethyl adjacent to an activating group) is 1. The number of amides is 1. The van der Waals surface area contributed by atoms with Crippen LogP contribution >= 0.6 is 0 Å². The van der Waals surface area contributed by atoms with Gasteiger partial charge in [0, 0.05) is 13.7 Å². The molecule has 4 nitrogen and oxygen atoms in total. The SMILES string of the molecule is CCC1CCNC(C(=O)N(C)C2CCOC2)C1. The van der Waals surface area contributed by atoms with E-state index in [0.717, 1.165) is 26.0 Å². The maximum absolute atomic E-state index is 12.4. The van der Waals surface area contributed by atoms with Crippen molar-refractivity contribution in [1.29, 1.82) is 0 Å². The van der Waals surface area contributed by atoms with Crippen LogP contribution in [0.15, 0.2) is 0 Å². The van der Waals surface area contributed by atoms with Crippen molar-refractivity contribution in [2.45, 2.75) is 44.7 Å². The Morgan fingerprint density at radius 3 is 2.94 bits per heavy atom. The van der Waals surface area contributed by atoms with E-state index in [4.69, 9.17) is 4.74 Å². The number of carbonyl (C=O) groups excluding carboxylic acids is 1. The summed E-state index contributed by atoms with van der Waals surface area (Å²) in [5.41, 5.74) is 0.